The Morgan fingerprint density at radius 3 is 2.00 bits per heavy atom. The second kappa shape index (κ2) is 8.72. The fourth-order valence-corrected chi connectivity index (χ4v) is 1.29. The fourth-order valence-electron chi connectivity index (χ4n) is 0.802. The van der Waals surface area contributed by atoms with Crippen molar-refractivity contribution in [1.82, 2.24) is 0 Å². The van der Waals surface area contributed by atoms with Gasteiger partial charge in [-0.3, -0.25) is 9.59 Å². The highest BCUT2D eigenvalue weighted by Crippen LogP contribution is 1.97. The monoisotopic (exact) mass is 256 g/mol. The Labute approximate surface area is 104 Å². The largest absolute Gasteiger partial charge is 0.548 e. The van der Waals surface area contributed by atoms with Gasteiger partial charge in [0.15, 0.2) is 11.6 Å². The van der Waals surface area contributed by atoms with E-state index in [-0.39, 0.29) is 11.6 Å². The minimum absolute atomic E-state index is 0.121. The van der Waals surface area contributed by atoms with E-state index in [9.17, 15) is 19.5 Å². The zero-order chi connectivity index (χ0) is 13.3. The van der Waals surface area contributed by atoms with Gasteiger partial charge in [0.25, 0.3) is 0 Å². The zero-order valence-corrected chi connectivity index (χ0v) is 10.2. The minimum atomic E-state index is -1.16. The number of carboxylic acid groups (broad SMARTS) is 1. The van der Waals surface area contributed by atoms with Crippen molar-refractivity contribution in [2.24, 2.45) is 5.73 Å². The summed E-state index contributed by atoms with van der Waals surface area (Å²) in [6.45, 7) is 0. The van der Waals surface area contributed by atoms with E-state index >= 15 is 0 Å². The van der Waals surface area contributed by atoms with E-state index in [1.807, 2.05) is 6.26 Å². The molecule has 0 saturated heterocycles. The Kier molecular flexibility index (Phi) is 8.00. The van der Waals surface area contributed by atoms with Crippen molar-refractivity contribution < 1.29 is 19.5 Å². The normalized spacial score (nSPS) is 15.2. The number of carbonyl (C=O) groups is 3. The van der Waals surface area contributed by atoms with Crippen LogP contribution >= 0.6 is 11.8 Å². The van der Waals surface area contributed by atoms with Gasteiger partial charge in [0.1, 0.15) is 0 Å². The summed E-state index contributed by atoms with van der Waals surface area (Å²) in [7, 11) is 0. The van der Waals surface area contributed by atoms with E-state index in [4.69, 9.17) is 5.73 Å². The van der Waals surface area contributed by atoms with E-state index in [1.54, 1.807) is 11.8 Å². The number of hydrogen-bond donors (Lipinski definition) is 1. The van der Waals surface area contributed by atoms with Crippen LogP contribution in [0.5, 0.6) is 0 Å². The van der Waals surface area contributed by atoms with Crippen LogP contribution in [0.1, 0.15) is 6.42 Å². The van der Waals surface area contributed by atoms with Crippen molar-refractivity contribution in [3.8, 4) is 0 Å². The molecule has 0 radical (unpaired) electrons. The van der Waals surface area contributed by atoms with E-state index in [0.29, 0.717) is 6.42 Å². The molecule has 2 N–H and O–H groups in total. The van der Waals surface area contributed by atoms with Crippen LogP contribution in [0, 0.1) is 0 Å². The summed E-state index contributed by atoms with van der Waals surface area (Å²) in [6.07, 6.45) is 7.40. The number of aliphatic carboxylic acids is 1. The first kappa shape index (κ1) is 15.6. The van der Waals surface area contributed by atoms with Gasteiger partial charge < -0.3 is 15.6 Å². The average Bonchev–Trinajstić information content (AvgIpc) is 2.30. The summed E-state index contributed by atoms with van der Waals surface area (Å²) in [6, 6.07) is -0.794. The predicted octanol–water partition coefficient (Wildman–Crippen LogP) is -0.933. The standard InChI is InChI=1S/C6H4O2.C5H11NO2S/c7-5-1-2-6(8)4-3-5;1-9-3-2-4(6)5(7)8/h1-4H;4H,2-3,6H2,1H3,(H,7,8)/p-1. The van der Waals surface area contributed by atoms with E-state index in [1.165, 1.54) is 24.3 Å². The van der Waals surface area contributed by atoms with Crippen molar-refractivity contribution in [2.45, 2.75) is 12.5 Å². The maximum Gasteiger partial charge on any atom is 0.178 e. The molecule has 0 spiro atoms. The third-order valence-corrected chi connectivity index (χ3v) is 2.40. The first-order valence-corrected chi connectivity index (χ1v) is 6.26. The Hall–Kier alpha value is -1.40. The molecule has 0 saturated carbocycles. The van der Waals surface area contributed by atoms with Gasteiger partial charge in [-0.15, -0.1) is 0 Å². The van der Waals surface area contributed by atoms with Crippen molar-refractivity contribution >= 4 is 29.3 Å². The van der Waals surface area contributed by atoms with Crippen LogP contribution in [0.4, 0.5) is 0 Å². The van der Waals surface area contributed by atoms with Crippen molar-refractivity contribution in [3.63, 3.8) is 0 Å². The molecule has 5 nitrogen and oxygen atoms in total. The Morgan fingerprint density at radius 1 is 1.29 bits per heavy atom. The van der Waals surface area contributed by atoms with Crippen molar-refractivity contribution in [3.05, 3.63) is 24.3 Å². The number of ketones is 2. The van der Waals surface area contributed by atoms with Gasteiger partial charge in [0.05, 0.1) is 5.97 Å². The van der Waals surface area contributed by atoms with Crippen molar-refractivity contribution in [1.29, 1.82) is 0 Å². The molecule has 17 heavy (non-hydrogen) atoms. The van der Waals surface area contributed by atoms with Crippen LogP contribution in [-0.4, -0.2) is 35.6 Å². The molecule has 0 aromatic heterocycles. The summed E-state index contributed by atoms with van der Waals surface area (Å²) in [4.78, 5) is 30.5. The van der Waals surface area contributed by atoms with Crippen LogP contribution in [-0.2, 0) is 14.4 Å². The number of rotatable bonds is 4. The lowest BCUT2D eigenvalue weighted by Gasteiger charge is -2.10. The topological polar surface area (TPSA) is 100 Å². The lowest BCUT2D eigenvalue weighted by Crippen LogP contribution is -2.42. The van der Waals surface area contributed by atoms with Crippen LogP contribution in [0.25, 0.3) is 0 Å². The van der Waals surface area contributed by atoms with Crippen LogP contribution in [0.15, 0.2) is 24.3 Å². The minimum Gasteiger partial charge on any atom is -0.548 e. The van der Waals surface area contributed by atoms with Crippen molar-refractivity contribution in [2.75, 3.05) is 12.0 Å². The second-order valence-corrected chi connectivity index (χ2v) is 4.16. The lowest BCUT2D eigenvalue weighted by molar-refractivity contribution is -0.307. The van der Waals surface area contributed by atoms with Crippen LogP contribution in [0.3, 0.4) is 0 Å². The number of carbonyl (C=O) groups excluding carboxylic acids is 3. The molecule has 1 aliphatic rings. The molecule has 1 aliphatic carbocycles. The summed E-state index contributed by atoms with van der Waals surface area (Å²) < 4.78 is 0. The highest BCUT2D eigenvalue weighted by Gasteiger charge is 2.00. The summed E-state index contributed by atoms with van der Waals surface area (Å²) >= 11 is 1.58. The molecule has 0 aromatic carbocycles. The maximum absolute atomic E-state index is 10.3. The van der Waals surface area contributed by atoms with Gasteiger partial charge in [-0.25, -0.2) is 0 Å². The SMILES string of the molecule is CSCCC(N)C(=O)[O-].O=C1C=CC(=O)C=C1. The maximum atomic E-state index is 10.3. The van der Waals surface area contributed by atoms with E-state index in [2.05, 4.69) is 0 Å². The molecule has 6 heteroatoms. The second-order valence-electron chi connectivity index (χ2n) is 3.18. The Balaban J connectivity index is 0.000000302. The molecule has 0 amide bonds. The number of carboxylic acids is 1. The van der Waals surface area contributed by atoms with Gasteiger partial charge in [-0.2, -0.15) is 11.8 Å². The lowest BCUT2D eigenvalue weighted by atomic mass is 10.2. The smallest absolute Gasteiger partial charge is 0.178 e. The highest BCUT2D eigenvalue weighted by molar-refractivity contribution is 7.98. The molecule has 0 heterocycles. The molecule has 1 rings (SSSR count). The van der Waals surface area contributed by atoms with Crippen LogP contribution < -0.4 is 10.8 Å². The molecule has 1 atom stereocenters. The summed E-state index contributed by atoms with van der Waals surface area (Å²) in [5, 5.41) is 9.96. The molecule has 0 aromatic rings. The summed E-state index contributed by atoms with van der Waals surface area (Å²) in [5.41, 5.74) is 5.13. The Bertz CT molecular complexity index is 311. The predicted molar refractivity (Wildman–Crippen MR) is 64.3 cm³/mol. The Morgan fingerprint density at radius 2 is 1.71 bits per heavy atom. The summed E-state index contributed by atoms with van der Waals surface area (Å²) in [5.74, 6) is -0.631. The molecule has 1 unspecified atom stereocenters. The third kappa shape index (κ3) is 8.41. The first-order valence-electron chi connectivity index (χ1n) is 4.87. The molecule has 0 fully saturated rings. The zero-order valence-electron chi connectivity index (χ0n) is 9.42. The molecular weight excluding hydrogens is 242 g/mol. The van der Waals surface area contributed by atoms with E-state index in [0.717, 1.165) is 5.75 Å². The molecular formula is C11H14NO4S-. The number of allylic oxidation sites excluding steroid dienone is 4. The fraction of sp³-hybridized carbons (Fsp3) is 0.364. The number of nitrogens with two attached hydrogens (primary N) is 1. The quantitative estimate of drug-likeness (QED) is 0.652. The molecule has 0 aliphatic heterocycles. The molecule has 94 valence electrons. The van der Waals surface area contributed by atoms with Gasteiger partial charge in [0.2, 0.25) is 0 Å². The van der Waals surface area contributed by atoms with Gasteiger partial charge >= 0.3 is 0 Å². The first-order chi connectivity index (χ1) is 7.97. The number of thioether (sulfide) groups is 1. The van der Waals surface area contributed by atoms with Gasteiger partial charge in [-0.1, -0.05) is 0 Å². The number of hydrogen-bond acceptors (Lipinski definition) is 6. The van der Waals surface area contributed by atoms with E-state index < -0.39 is 12.0 Å². The van der Waals surface area contributed by atoms with Gasteiger partial charge in [0, 0.05) is 6.04 Å². The third-order valence-electron chi connectivity index (χ3n) is 1.76. The molecule has 0 bridgehead atoms. The van der Waals surface area contributed by atoms with Gasteiger partial charge in [-0.05, 0) is 42.7 Å². The van der Waals surface area contributed by atoms with Crippen LogP contribution in [0.2, 0.25) is 0 Å². The highest BCUT2D eigenvalue weighted by atomic mass is 32.2. The average molecular weight is 256 g/mol.